The van der Waals surface area contributed by atoms with Crippen LogP contribution in [-0.4, -0.2) is 11.5 Å². The van der Waals surface area contributed by atoms with Crippen molar-refractivity contribution in [2.75, 3.05) is 21.2 Å². The molecule has 0 amide bonds. The van der Waals surface area contributed by atoms with Crippen LogP contribution >= 0.6 is 0 Å². The zero-order valence-electron chi connectivity index (χ0n) is 57.1. The van der Waals surface area contributed by atoms with Gasteiger partial charge in [-0.3, -0.25) is 4.90 Å². The second-order valence-electron chi connectivity index (χ2n) is 27.8. The third-order valence-electron chi connectivity index (χ3n) is 21.5. The van der Waals surface area contributed by atoms with E-state index in [1.807, 2.05) is 6.07 Å². The lowest BCUT2D eigenvalue weighted by Gasteiger charge is -2.34. The van der Waals surface area contributed by atoms with Gasteiger partial charge in [0.05, 0.1) is 39.8 Å². The van der Waals surface area contributed by atoms with Crippen LogP contribution in [0.5, 0.6) is 0 Å². The van der Waals surface area contributed by atoms with E-state index in [2.05, 4.69) is 356 Å². The second-order valence-corrected chi connectivity index (χ2v) is 27.8. The van der Waals surface area contributed by atoms with Crippen LogP contribution in [0.3, 0.4) is 0 Å². The maximum Gasteiger partial charge on any atom is 0.159 e. The number of para-hydroxylation sites is 2. The van der Waals surface area contributed by atoms with Crippen LogP contribution in [-0.2, 0) is 0 Å². The van der Waals surface area contributed by atoms with Crippen LogP contribution in [0.15, 0.2) is 347 Å². The first-order valence-electron chi connectivity index (χ1n) is 35.8. The summed E-state index contributed by atoms with van der Waals surface area (Å²) in [6.45, 7) is 5.35. The minimum absolute atomic E-state index is 0.0855. The molecular formula is C97H64N4O3. The molecule has 5 heterocycles. The Bertz CT molecular complexity index is 6950. The molecule has 0 saturated carbocycles. The molecule has 0 radical (unpaired) electrons. The SMILES string of the molecule is CC(C)c1c(N(c2cccc(-c3ccccc3)n2)c2c3ccccc3cc3ccccc23)c2ccc3c4cc(-c5ccccc5)ccc4oc3c2c2c1c(N1C=CC=CC1)cc1oc3c(N(c4ccc5c(c4)oc4ccccc45)c4c5ccccc5cc5cc(-c6ccccc6)ccc45)cccc3c12. The van der Waals surface area contributed by atoms with E-state index in [0.29, 0.717) is 6.54 Å². The number of benzene rings is 16. The Morgan fingerprint density at radius 1 is 0.337 bits per heavy atom. The summed E-state index contributed by atoms with van der Waals surface area (Å²) in [6.07, 6.45) is 8.76. The van der Waals surface area contributed by atoms with Gasteiger partial charge in [-0.05, 0) is 134 Å². The number of nitrogens with zero attached hydrogens (tertiary/aromatic N) is 4. The Morgan fingerprint density at radius 3 is 1.62 bits per heavy atom. The highest BCUT2D eigenvalue weighted by Gasteiger charge is 2.34. The van der Waals surface area contributed by atoms with Gasteiger partial charge in [-0.25, -0.2) is 4.98 Å². The molecular weight excluding hydrogens is 1270 g/mol. The van der Waals surface area contributed by atoms with Gasteiger partial charge in [0.1, 0.15) is 33.7 Å². The quantitative estimate of drug-likeness (QED) is 0.0944. The molecule has 0 unspecified atom stereocenters. The molecule has 0 bridgehead atoms. The normalized spacial score (nSPS) is 12.7. The molecule has 1 aliphatic heterocycles. The van der Waals surface area contributed by atoms with Crippen molar-refractivity contribution in [3.63, 3.8) is 0 Å². The molecule has 104 heavy (non-hydrogen) atoms. The molecule has 0 aliphatic carbocycles. The van der Waals surface area contributed by atoms with Crippen molar-refractivity contribution in [2.45, 2.75) is 19.8 Å². The van der Waals surface area contributed by atoms with Gasteiger partial charge in [0, 0.05) is 106 Å². The predicted molar refractivity (Wildman–Crippen MR) is 436 cm³/mol. The third-order valence-corrected chi connectivity index (χ3v) is 21.5. The first-order valence-corrected chi connectivity index (χ1v) is 35.8. The fourth-order valence-corrected chi connectivity index (χ4v) is 16.9. The van der Waals surface area contributed by atoms with Crippen LogP contribution < -0.4 is 14.7 Å². The molecule has 0 saturated heterocycles. The zero-order chi connectivity index (χ0) is 68.7. The van der Waals surface area contributed by atoms with Crippen LogP contribution in [0, 0.1) is 0 Å². The standard InChI is InChI=1S/C97H64N4O3/c1-59(2)88-91-82(99-51-21-6-22-52-99)58-86-89(78-38-23-40-81(96(78)104-86)100(69-45-47-75-74-37-19-20-41-83(74)102-85(75)57-69)93-70-34-16-15-33-67(70)55-68-53-63(43-46-73(68)93)60-25-7-3-8-26-60)92(91)90-77(49-48-76-79-56-64(61-27-9-4-10-28-61)44-50-84(79)103-97(76)90)95(88)101(87-42-24-39-80(98-87)62-29-11-5-12-30-62)94-71-35-17-13-31-65(71)54-66-32-14-18-36-72(66)94/h3-51,53-59H,52H2,1-2H3. The number of allylic oxidation sites excluding steroid dienone is 2. The summed E-state index contributed by atoms with van der Waals surface area (Å²) in [6, 6.07) is 112. The van der Waals surface area contributed by atoms with E-state index in [0.717, 1.165) is 209 Å². The van der Waals surface area contributed by atoms with E-state index in [1.54, 1.807) is 0 Å². The average Bonchev–Trinajstić information content (AvgIpc) is 1.32. The number of anilines is 7. The lowest BCUT2D eigenvalue weighted by molar-refractivity contribution is 0.667. The molecule has 7 nitrogen and oxygen atoms in total. The Labute approximate surface area is 598 Å². The Morgan fingerprint density at radius 2 is 0.904 bits per heavy atom. The maximum atomic E-state index is 7.95. The number of aromatic nitrogens is 1. The van der Waals surface area contributed by atoms with E-state index in [1.165, 1.54) is 0 Å². The number of pyridine rings is 1. The number of rotatable bonds is 11. The van der Waals surface area contributed by atoms with Crippen LogP contribution in [0.2, 0.25) is 0 Å². The van der Waals surface area contributed by atoms with Gasteiger partial charge in [-0.2, -0.15) is 0 Å². The number of fused-ring (bicyclic) bond motifs is 18. The van der Waals surface area contributed by atoms with Crippen molar-refractivity contribution >= 4 is 170 Å². The van der Waals surface area contributed by atoms with Gasteiger partial charge in [0.25, 0.3) is 0 Å². The Hall–Kier alpha value is -13.5. The molecule has 16 aromatic carbocycles. The molecule has 0 spiro atoms. The molecule has 0 atom stereocenters. The summed E-state index contributed by atoms with van der Waals surface area (Å²) in [5.41, 5.74) is 18.2. The first-order chi connectivity index (χ1) is 51.4. The molecule has 1 aliphatic rings. The highest BCUT2D eigenvalue weighted by molar-refractivity contribution is 6.38. The van der Waals surface area contributed by atoms with E-state index >= 15 is 0 Å². The Balaban J connectivity index is 0.940. The fraction of sp³-hybridized carbons (Fsp3) is 0.0412. The van der Waals surface area contributed by atoms with E-state index in [9.17, 15) is 0 Å². The molecule has 4 aromatic heterocycles. The van der Waals surface area contributed by atoms with Crippen molar-refractivity contribution in [1.29, 1.82) is 0 Å². The topological polar surface area (TPSA) is 62.0 Å². The van der Waals surface area contributed by atoms with E-state index in [4.69, 9.17) is 18.2 Å². The van der Waals surface area contributed by atoms with Crippen LogP contribution in [0.25, 0.3) is 164 Å². The summed E-state index contributed by atoms with van der Waals surface area (Å²) >= 11 is 0. The van der Waals surface area contributed by atoms with Gasteiger partial charge in [-0.1, -0.05) is 250 Å². The monoisotopic (exact) mass is 1330 g/mol. The smallest absolute Gasteiger partial charge is 0.159 e. The molecule has 7 heteroatoms. The molecule has 490 valence electrons. The van der Waals surface area contributed by atoms with Gasteiger partial charge < -0.3 is 23.1 Å². The molecule has 0 N–H and O–H groups in total. The van der Waals surface area contributed by atoms with Crippen molar-refractivity contribution in [3.05, 3.63) is 339 Å². The van der Waals surface area contributed by atoms with Crippen LogP contribution in [0.1, 0.15) is 25.3 Å². The highest BCUT2D eigenvalue weighted by Crippen LogP contribution is 2.58. The number of furan rings is 3. The summed E-state index contributed by atoms with van der Waals surface area (Å²) in [7, 11) is 0. The molecule has 20 aromatic rings. The number of hydrogen-bond acceptors (Lipinski definition) is 7. The average molecular weight is 1330 g/mol. The summed E-state index contributed by atoms with van der Waals surface area (Å²) in [4.78, 5) is 13.2. The maximum absolute atomic E-state index is 7.95. The van der Waals surface area contributed by atoms with Gasteiger partial charge in [0.2, 0.25) is 0 Å². The zero-order valence-corrected chi connectivity index (χ0v) is 57.1. The third kappa shape index (κ3) is 9.26. The van der Waals surface area contributed by atoms with Crippen LogP contribution in [0.4, 0.5) is 39.9 Å². The van der Waals surface area contributed by atoms with Crippen molar-refractivity contribution in [3.8, 4) is 33.5 Å². The van der Waals surface area contributed by atoms with Crippen molar-refractivity contribution in [1.82, 2.24) is 4.98 Å². The van der Waals surface area contributed by atoms with Crippen molar-refractivity contribution in [2.24, 2.45) is 0 Å². The molecule has 21 rings (SSSR count). The summed E-state index contributed by atoms with van der Waals surface area (Å²) < 4.78 is 22.5. The Kier molecular flexibility index (Phi) is 13.5. The molecule has 0 fully saturated rings. The predicted octanol–water partition coefficient (Wildman–Crippen LogP) is 27.7. The minimum atomic E-state index is -0.0855. The summed E-state index contributed by atoms with van der Waals surface area (Å²) in [5, 5.41) is 19.1. The largest absolute Gasteiger partial charge is 0.456 e. The van der Waals surface area contributed by atoms with E-state index < -0.39 is 0 Å². The van der Waals surface area contributed by atoms with Gasteiger partial charge in [-0.15, -0.1) is 0 Å². The van der Waals surface area contributed by atoms with Gasteiger partial charge >= 0.3 is 0 Å². The van der Waals surface area contributed by atoms with E-state index in [-0.39, 0.29) is 5.92 Å². The highest BCUT2D eigenvalue weighted by atomic mass is 16.3. The van der Waals surface area contributed by atoms with Gasteiger partial charge in [0.15, 0.2) is 5.58 Å². The number of hydrogen-bond donors (Lipinski definition) is 0. The lowest BCUT2D eigenvalue weighted by atomic mass is 9.84. The fourth-order valence-electron chi connectivity index (χ4n) is 16.9. The minimum Gasteiger partial charge on any atom is -0.456 e. The lowest BCUT2D eigenvalue weighted by Crippen LogP contribution is -2.20. The summed E-state index contributed by atoms with van der Waals surface area (Å²) in [5.74, 6) is 0.699. The van der Waals surface area contributed by atoms with Crippen molar-refractivity contribution < 1.29 is 13.3 Å². The second kappa shape index (κ2) is 23.6. The first kappa shape index (κ1) is 59.4.